The number of benzene rings is 2. The fourth-order valence-corrected chi connectivity index (χ4v) is 2.33. The first-order chi connectivity index (χ1) is 8.50. The van der Waals surface area contributed by atoms with Crippen molar-refractivity contribution in [2.24, 2.45) is 0 Å². The van der Waals surface area contributed by atoms with E-state index in [4.69, 9.17) is 11.6 Å². The second-order valence-corrected chi connectivity index (χ2v) is 5.68. The summed E-state index contributed by atoms with van der Waals surface area (Å²) in [5, 5.41) is 0.501. The molecule has 0 atom stereocenters. The van der Waals surface area contributed by atoms with Gasteiger partial charge in [-0.05, 0) is 62.2 Å². The predicted octanol–water partition coefficient (Wildman–Crippen LogP) is 5.24. The van der Waals surface area contributed by atoms with Crippen LogP contribution in [0.25, 0.3) is 0 Å². The highest BCUT2D eigenvalue weighted by molar-refractivity contribution is 9.10. The number of rotatable bonds is 2. The Morgan fingerprint density at radius 1 is 1.11 bits per heavy atom. The van der Waals surface area contributed by atoms with Crippen LogP contribution in [0.2, 0.25) is 5.02 Å². The van der Waals surface area contributed by atoms with Crippen LogP contribution in [-0.2, 0) is 0 Å². The fraction of sp³-hybridized carbons (Fsp3) is 0. The quantitative estimate of drug-likeness (QED) is 0.639. The smallest absolute Gasteiger partial charge is 0.196 e. The number of carbonyl (C=O) groups is 1. The Balaban J connectivity index is 2.48. The van der Waals surface area contributed by atoms with Crippen molar-refractivity contribution in [2.75, 3.05) is 0 Å². The minimum Gasteiger partial charge on any atom is -0.288 e. The Hall–Kier alpha value is -0.710. The minimum absolute atomic E-state index is 0.0265. The molecule has 2 aromatic carbocycles. The topological polar surface area (TPSA) is 17.1 Å². The highest BCUT2D eigenvalue weighted by Crippen LogP contribution is 2.26. The Morgan fingerprint density at radius 3 is 2.50 bits per heavy atom. The van der Waals surface area contributed by atoms with Gasteiger partial charge in [0.1, 0.15) is 5.82 Å². The van der Waals surface area contributed by atoms with Gasteiger partial charge in [-0.3, -0.25) is 4.79 Å². The van der Waals surface area contributed by atoms with Gasteiger partial charge in [-0.1, -0.05) is 17.7 Å². The molecular formula is C13H6Br2ClFO. The lowest BCUT2D eigenvalue weighted by atomic mass is 10.0. The lowest BCUT2D eigenvalue weighted by Gasteiger charge is -2.05. The second kappa shape index (κ2) is 5.51. The summed E-state index contributed by atoms with van der Waals surface area (Å²) in [4.78, 5) is 12.2. The van der Waals surface area contributed by atoms with Crippen molar-refractivity contribution >= 4 is 49.2 Å². The standard InChI is InChI=1S/C13H6Br2ClFO/c14-9-3-1-2-8(12(9)17)13(18)7-4-5-11(16)10(15)6-7/h1-6H. The average Bonchev–Trinajstić information content (AvgIpc) is 2.35. The zero-order chi connectivity index (χ0) is 13.3. The number of hydrogen-bond donors (Lipinski definition) is 0. The van der Waals surface area contributed by atoms with Crippen molar-refractivity contribution in [1.82, 2.24) is 0 Å². The van der Waals surface area contributed by atoms with Gasteiger partial charge >= 0.3 is 0 Å². The SMILES string of the molecule is O=C(c1ccc(Cl)c(Br)c1)c1cccc(Br)c1F. The zero-order valence-corrected chi connectivity index (χ0v) is 12.8. The second-order valence-electron chi connectivity index (χ2n) is 3.56. The van der Waals surface area contributed by atoms with Gasteiger partial charge in [0.15, 0.2) is 5.78 Å². The first-order valence-corrected chi connectivity index (χ1v) is 6.91. The summed E-state index contributed by atoms with van der Waals surface area (Å²) in [5.74, 6) is -0.945. The van der Waals surface area contributed by atoms with E-state index in [1.165, 1.54) is 6.07 Å². The molecule has 1 nitrogen and oxygen atoms in total. The molecule has 0 saturated heterocycles. The minimum atomic E-state index is -0.562. The maximum absolute atomic E-state index is 13.8. The largest absolute Gasteiger partial charge is 0.288 e. The normalized spacial score (nSPS) is 10.4. The van der Waals surface area contributed by atoms with E-state index >= 15 is 0 Å². The molecule has 0 radical (unpaired) electrons. The van der Waals surface area contributed by atoms with Crippen LogP contribution < -0.4 is 0 Å². The molecule has 0 bridgehead atoms. The molecule has 0 aliphatic rings. The maximum atomic E-state index is 13.8. The van der Waals surface area contributed by atoms with Crippen molar-refractivity contribution in [2.45, 2.75) is 0 Å². The van der Waals surface area contributed by atoms with E-state index in [1.54, 1.807) is 30.3 Å². The Labute approximate surface area is 125 Å². The van der Waals surface area contributed by atoms with E-state index in [1.807, 2.05) is 0 Å². The van der Waals surface area contributed by atoms with Crippen molar-refractivity contribution in [3.05, 3.63) is 67.3 Å². The lowest BCUT2D eigenvalue weighted by Crippen LogP contribution is -2.04. The van der Waals surface area contributed by atoms with Crippen LogP contribution in [0, 0.1) is 5.82 Å². The molecular weight excluding hydrogens is 386 g/mol. The van der Waals surface area contributed by atoms with Gasteiger partial charge in [0.25, 0.3) is 0 Å². The van der Waals surface area contributed by atoms with E-state index in [0.717, 1.165) is 0 Å². The fourth-order valence-electron chi connectivity index (χ4n) is 1.47. The van der Waals surface area contributed by atoms with Gasteiger partial charge in [0.05, 0.1) is 15.1 Å². The van der Waals surface area contributed by atoms with Gasteiger partial charge in [-0.15, -0.1) is 0 Å². The van der Waals surface area contributed by atoms with Gasteiger partial charge in [-0.25, -0.2) is 4.39 Å². The van der Waals surface area contributed by atoms with Crippen LogP contribution in [0.4, 0.5) is 4.39 Å². The van der Waals surface area contributed by atoms with E-state index in [-0.39, 0.29) is 15.8 Å². The van der Waals surface area contributed by atoms with Gasteiger partial charge in [0.2, 0.25) is 0 Å². The van der Waals surface area contributed by atoms with E-state index in [0.29, 0.717) is 15.1 Å². The molecule has 0 saturated carbocycles. The molecule has 18 heavy (non-hydrogen) atoms. The van der Waals surface area contributed by atoms with Crippen LogP contribution >= 0.6 is 43.5 Å². The van der Waals surface area contributed by atoms with Crippen LogP contribution in [-0.4, -0.2) is 5.78 Å². The summed E-state index contributed by atoms with van der Waals surface area (Å²) >= 11 is 12.1. The van der Waals surface area contributed by atoms with Gasteiger partial charge in [-0.2, -0.15) is 0 Å². The molecule has 0 spiro atoms. The zero-order valence-electron chi connectivity index (χ0n) is 8.88. The average molecular weight is 392 g/mol. The summed E-state index contributed by atoms with van der Waals surface area (Å²) in [6.45, 7) is 0. The summed E-state index contributed by atoms with van der Waals surface area (Å²) in [7, 11) is 0. The van der Waals surface area contributed by atoms with Crippen LogP contribution in [0.5, 0.6) is 0 Å². The van der Waals surface area contributed by atoms with Crippen molar-refractivity contribution in [3.63, 3.8) is 0 Å². The van der Waals surface area contributed by atoms with E-state index in [9.17, 15) is 9.18 Å². The number of carbonyl (C=O) groups excluding carboxylic acids is 1. The third kappa shape index (κ3) is 2.66. The third-order valence-electron chi connectivity index (χ3n) is 2.38. The van der Waals surface area contributed by atoms with E-state index < -0.39 is 5.82 Å². The van der Waals surface area contributed by atoms with Crippen molar-refractivity contribution < 1.29 is 9.18 Å². The molecule has 0 amide bonds. The molecule has 0 N–H and O–H groups in total. The molecule has 0 aromatic heterocycles. The third-order valence-corrected chi connectivity index (χ3v) is 4.20. The van der Waals surface area contributed by atoms with Crippen LogP contribution in [0.1, 0.15) is 15.9 Å². The Morgan fingerprint density at radius 2 is 1.83 bits per heavy atom. The Kier molecular flexibility index (Phi) is 4.20. The molecule has 92 valence electrons. The van der Waals surface area contributed by atoms with Crippen molar-refractivity contribution in [3.8, 4) is 0 Å². The summed E-state index contributed by atoms with van der Waals surface area (Å²) < 4.78 is 14.7. The summed E-state index contributed by atoms with van der Waals surface area (Å²) in [5.41, 5.74) is 0.405. The summed E-state index contributed by atoms with van der Waals surface area (Å²) in [6.07, 6.45) is 0. The van der Waals surface area contributed by atoms with Crippen LogP contribution in [0.3, 0.4) is 0 Å². The first-order valence-electron chi connectivity index (χ1n) is 4.94. The summed E-state index contributed by atoms with van der Waals surface area (Å²) in [6, 6.07) is 9.34. The van der Waals surface area contributed by atoms with E-state index in [2.05, 4.69) is 31.9 Å². The molecule has 0 heterocycles. The molecule has 5 heteroatoms. The van der Waals surface area contributed by atoms with Crippen LogP contribution in [0.15, 0.2) is 45.3 Å². The molecule has 2 rings (SSSR count). The maximum Gasteiger partial charge on any atom is 0.196 e. The molecule has 0 unspecified atom stereocenters. The van der Waals surface area contributed by atoms with Crippen molar-refractivity contribution in [1.29, 1.82) is 0 Å². The molecule has 0 aliphatic heterocycles. The highest BCUT2D eigenvalue weighted by atomic mass is 79.9. The predicted molar refractivity (Wildman–Crippen MR) is 76.7 cm³/mol. The highest BCUT2D eigenvalue weighted by Gasteiger charge is 2.16. The number of ketones is 1. The number of halogens is 4. The number of hydrogen-bond acceptors (Lipinski definition) is 1. The van der Waals surface area contributed by atoms with Gasteiger partial charge < -0.3 is 0 Å². The molecule has 0 aliphatic carbocycles. The molecule has 0 fully saturated rings. The Bertz CT molecular complexity index is 628. The van der Waals surface area contributed by atoms with Gasteiger partial charge in [0, 0.05) is 10.0 Å². The lowest BCUT2D eigenvalue weighted by molar-refractivity contribution is 0.103. The first kappa shape index (κ1) is 13.7. The molecule has 2 aromatic rings. The monoisotopic (exact) mass is 390 g/mol.